The van der Waals surface area contributed by atoms with Crippen molar-refractivity contribution in [2.75, 3.05) is 0 Å². The molecule has 172 valence electrons. The average molecular weight is 487 g/mol. The van der Waals surface area contributed by atoms with E-state index in [0.717, 1.165) is 28.2 Å². The summed E-state index contributed by atoms with van der Waals surface area (Å²) in [6.07, 6.45) is 4.15. The lowest BCUT2D eigenvalue weighted by molar-refractivity contribution is 0.581. The number of benzene rings is 2. The molecule has 1 atom stereocenters. The Bertz CT molecular complexity index is 1310. The van der Waals surface area contributed by atoms with Crippen molar-refractivity contribution in [2.45, 2.75) is 52.9 Å². The lowest BCUT2D eigenvalue weighted by Crippen LogP contribution is -2.12. The third kappa shape index (κ3) is 4.66. The molecule has 2 heterocycles. The van der Waals surface area contributed by atoms with E-state index in [2.05, 4.69) is 34.5 Å². The Kier molecular flexibility index (Phi) is 6.54. The van der Waals surface area contributed by atoms with E-state index in [4.69, 9.17) is 23.2 Å². The lowest BCUT2D eigenvalue weighted by Gasteiger charge is -2.22. The zero-order valence-electron chi connectivity index (χ0n) is 19.1. The van der Waals surface area contributed by atoms with Gasteiger partial charge < -0.3 is 0 Å². The summed E-state index contributed by atoms with van der Waals surface area (Å²) in [6.45, 7) is 9.91. The van der Waals surface area contributed by atoms with E-state index < -0.39 is 5.82 Å². The van der Waals surface area contributed by atoms with Gasteiger partial charge in [0.2, 0.25) is 0 Å². The number of hydrogen-bond acceptors (Lipinski definition) is 4. The van der Waals surface area contributed by atoms with Gasteiger partial charge in [-0.25, -0.2) is 13.8 Å². The second kappa shape index (κ2) is 9.23. The highest BCUT2D eigenvalue weighted by Crippen LogP contribution is 2.36. The Morgan fingerprint density at radius 2 is 1.58 bits per heavy atom. The molecule has 0 aliphatic carbocycles. The van der Waals surface area contributed by atoms with Gasteiger partial charge in [0.15, 0.2) is 0 Å². The van der Waals surface area contributed by atoms with Gasteiger partial charge in [-0.3, -0.25) is 0 Å². The van der Waals surface area contributed by atoms with E-state index in [1.54, 1.807) is 27.7 Å². The lowest BCUT2D eigenvalue weighted by atomic mass is 9.88. The molecular weight excluding hydrogens is 462 g/mol. The minimum Gasteiger partial charge on any atom is -0.220 e. The molecule has 0 radical (unpaired) electrons. The predicted octanol–water partition coefficient (Wildman–Crippen LogP) is 6.38. The summed E-state index contributed by atoms with van der Waals surface area (Å²) in [5.74, 6) is -0.502. The molecule has 1 unspecified atom stereocenters. The highest BCUT2D eigenvalue weighted by Gasteiger charge is 2.24. The molecule has 33 heavy (non-hydrogen) atoms. The third-order valence-electron chi connectivity index (χ3n) is 5.63. The number of rotatable bonds is 6. The second-order valence-electron chi connectivity index (χ2n) is 8.67. The molecule has 0 saturated carbocycles. The van der Waals surface area contributed by atoms with E-state index in [-0.39, 0.29) is 16.9 Å². The molecule has 0 amide bonds. The van der Waals surface area contributed by atoms with E-state index in [1.165, 1.54) is 0 Å². The summed E-state index contributed by atoms with van der Waals surface area (Å²) in [5.41, 5.74) is 5.54. The minimum absolute atomic E-state index is 0.0681. The SMILES string of the molecule is Cc1cn(-c2ccc(Cl)c(F)c2C(C)Cc2cc(Cl)cc(C(C)C)c2-n2cc(C)nn2)nn1. The molecule has 0 spiro atoms. The summed E-state index contributed by atoms with van der Waals surface area (Å²) >= 11 is 12.7. The van der Waals surface area contributed by atoms with Gasteiger partial charge in [-0.2, -0.15) is 0 Å². The zero-order valence-corrected chi connectivity index (χ0v) is 20.7. The van der Waals surface area contributed by atoms with Crippen molar-refractivity contribution in [3.63, 3.8) is 0 Å². The van der Waals surface area contributed by atoms with Crippen LogP contribution < -0.4 is 0 Å². The summed E-state index contributed by atoms with van der Waals surface area (Å²) in [7, 11) is 0. The van der Waals surface area contributed by atoms with Crippen LogP contribution >= 0.6 is 23.2 Å². The van der Waals surface area contributed by atoms with Gasteiger partial charge in [-0.05, 0) is 67.5 Å². The first-order valence-corrected chi connectivity index (χ1v) is 11.5. The first-order valence-electron chi connectivity index (χ1n) is 10.7. The molecule has 4 aromatic rings. The third-order valence-corrected chi connectivity index (χ3v) is 6.14. The maximum absolute atomic E-state index is 15.4. The highest BCUT2D eigenvalue weighted by atomic mass is 35.5. The van der Waals surface area contributed by atoms with E-state index in [1.807, 2.05) is 39.1 Å². The Morgan fingerprint density at radius 1 is 0.939 bits per heavy atom. The van der Waals surface area contributed by atoms with Crippen LogP contribution in [0.4, 0.5) is 4.39 Å². The van der Waals surface area contributed by atoms with E-state index in [0.29, 0.717) is 22.7 Å². The molecule has 0 N–H and O–H groups in total. The van der Waals surface area contributed by atoms with Gasteiger partial charge in [0, 0.05) is 10.6 Å². The Balaban J connectivity index is 1.85. The Morgan fingerprint density at radius 3 is 2.15 bits per heavy atom. The van der Waals surface area contributed by atoms with Crippen LogP contribution in [0.5, 0.6) is 0 Å². The van der Waals surface area contributed by atoms with Crippen LogP contribution in [0.3, 0.4) is 0 Å². The van der Waals surface area contributed by atoms with Crippen LogP contribution in [0.15, 0.2) is 36.7 Å². The first-order chi connectivity index (χ1) is 15.7. The van der Waals surface area contributed by atoms with Gasteiger partial charge in [0.25, 0.3) is 0 Å². The normalized spacial score (nSPS) is 12.5. The van der Waals surface area contributed by atoms with E-state index >= 15 is 4.39 Å². The molecule has 0 saturated heterocycles. The molecule has 4 rings (SSSR count). The number of halogens is 3. The quantitative estimate of drug-likeness (QED) is 0.317. The molecule has 0 fully saturated rings. The molecule has 0 bridgehead atoms. The summed E-state index contributed by atoms with van der Waals surface area (Å²) < 4.78 is 18.7. The van der Waals surface area contributed by atoms with Crippen LogP contribution in [0, 0.1) is 19.7 Å². The monoisotopic (exact) mass is 486 g/mol. The fraction of sp³-hybridized carbons (Fsp3) is 0.333. The van der Waals surface area contributed by atoms with Crippen LogP contribution in [0.2, 0.25) is 10.0 Å². The van der Waals surface area contributed by atoms with Crippen LogP contribution in [-0.4, -0.2) is 30.0 Å². The maximum atomic E-state index is 15.4. The van der Waals surface area contributed by atoms with Crippen molar-refractivity contribution in [3.8, 4) is 11.4 Å². The van der Waals surface area contributed by atoms with E-state index in [9.17, 15) is 0 Å². The molecule has 2 aromatic heterocycles. The standard InChI is InChI=1S/C24H25Cl2FN6/c1-13(2)19-10-18(25)9-17(24(19)33-12-16(5)29-31-33)8-14(3)22-21(7-6-20(26)23(22)27)32-11-15(4)28-30-32/h6-7,9-14H,8H2,1-5H3. The Labute approximate surface area is 202 Å². The highest BCUT2D eigenvalue weighted by molar-refractivity contribution is 6.31. The molecule has 6 nitrogen and oxygen atoms in total. The number of nitrogens with zero attached hydrogens (tertiary/aromatic N) is 6. The van der Waals surface area contributed by atoms with Crippen molar-refractivity contribution >= 4 is 23.2 Å². The summed E-state index contributed by atoms with van der Waals surface area (Å²) in [6, 6.07) is 7.18. The number of aromatic nitrogens is 6. The largest absolute Gasteiger partial charge is 0.220 e. The number of aryl methyl sites for hydroxylation is 2. The zero-order chi connectivity index (χ0) is 23.9. The molecule has 0 aliphatic rings. The topological polar surface area (TPSA) is 61.4 Å². The molecule has 9 heteroatoms. The maximum Gasteiger partial charge on any atom is 0.147 e. The smallest absolute Gasteiger partial charge is 0.147 e. The second-order valence-corrected chi connectivity index (χ2v) is 9.51. The van der Waals surface area contributed by atoms with Gasteiger partial charge in [0.1, 0.15) is 5.82 Å². The number of hydrogen-bond donors (Lipinski definition) is 0. The van der Waals surface area contributed by atoms with Gasteiger partial charge in [-0.1, -0.05) is 54.4 Å². The molecule has 0 aliphatic heterocycles. The van der Waals surface area contributed by atoms with Crippen LogP contribution in [-0.2, 0) is 6.42 Å². The van der Waals surface area contributed by atoms with Gasteiger partial charge >= 0.3 is 0 Å². The van der Waals surface area contributed by atoms with Gasteiger partial charge in [0.05, 0.1) is 40.2 Å². The summed E-state index contributed by atoms with van der Waals surface area (Å²) in [5, 5.41) is 17.3. The van der Waals surface area contributed by atoms with Crippen LogP contribution in [0.25, 0.3) is 11.4 Å². The minimum atomic E-state index is -0.459. The summed E-state index contributed by atoms with van der Waals surface area (Å²) in [4.78, 5) is 0. The van der Waals surface area contributed by atoms with Crippen molar-refractivity contribution in [1.29, 1.82) is 0 Å². The molecular formula is C24H25Cl2FN6. The first kappa shape index (κ1) is 23.4. The van der Waals surface area contributed by atoms with Crippen molar-refractivity contribution in [3.05, 3.63) is 80.6 Å². The molecule has 2 aromatic carbocycles. The van der Waals surface area contributed by atoms with Crippen molar-refractivity contribution < 1.29 is 4.39 Å². The average Bonchev–Trinajstić information content (AvgIpc) is 3.37. The van der Waals surface area contributed by atoms with Gasteiger partial charge in [-0.15, -0.1) is 10.2 Å². The fourth-order valence-corrected chi connectivity index (χ4v) is 4.55. The fourth-order valence-electron chi connectivity index (χ4n) is 4.13. The predicted molar refractivity (Wildman–Crippen MR) is 128 cm³/mol. The van der Waals surface area contributed by atoms with Crippen LogP contribution in [0.1, 0.15) is 60.7 Å². The Hall–Kier alpha value is -2.77. The van der Waals surface area contributed by atoms with Crippen molar-refractivity contribution in [1.82, 2.24) is 30.0 Å². The van der Waals surface area contributed by atoms with Crippen molar-refractivity contribution in [2.24, 2.45) is 0 Å².